The summed E-state index contributed by atoms with van der Waals surface area (Å²) in [7, 11) is 3.06. The van der Waals surface area contributed by atoms with Crippen LogP contribution in [0.3, 0.4) is 0 Å². The topological polar surface area (TPSA) is 97.8 Å². The van der Waals surface area contributed by atoms with Gasteiger partial charge in [-0.25, -0.2) is 9.78 Å². The van der Waals surface area contributed by atoms with Crippen molar-refractivity contribution in [1.82, 2.24) is 9.38 Å². The molecule has 0 aliphatic carbocycles. The van der Waals surface area contributed by atoms with Gasteiger partial charge in [0, 0.05) is 12.3 Å². The fraction of sp³-hybridized carbons (Fsp3) is 0.176. The van der Waals surface area contributed by atoms with Crippen LogP contribution < -0.4 is 9.47 Å². The van der Waals surface area contributed by atoms with E-state index in [4.69, 9.17) is 9.47 Å². The molecule has 0 unspecified atom stereocenters. The molecule has 0 radical (unpaired) electrons. The van der Waals surface area contributed by atoms with E-state index in [1.165, 1.54) is 7.11 Å². The number of rotatable bonds is 5. The van der Waals surface area contributed by atoms with Crippen molar-refractivity contribution in [2.45, 2.75) is 6.92 Å². The summed E-state index contributed by atoms with van der Waals surface area (Å²) in [4.78, 5) is 15.7. The van der Waals surface area contributed by atoms with Crippen LogP contribution in [0, 0.1) is 6.92 Å². The zero-order chi connectivity index (χ0) is 18.0. The highest BCUT2D eigenvalue weighted by molar-refractivity contribution is 5.92. The molecule has 8 nitrogen and oxygen atoms in total. The third kappa shape index (κ3) is 3.01. The van der Waals surface area contributed by atoms with Gasteiger partial charge in [-0.1, -0.05) is 6.07 Å². The predicted molar refractivity (Wildman–Crippen MR) is 90.6 cm³/mol. The molecule has 0 fully saturated rings. The molecule has 25 heavy (non-hydrogen) atoms. The van der Waals surface area contributed by atoms with Crippen molar-refractivity contribution in [3.05, 3.63) is 47.8 Å². The van der Waals surface area contributed by atoms with Gasteiger partial charge in [0.2, 0.25) is 0 Å². The minimum absolute atomic E-state index is 0.143. The van der Waals surface area contributed by atoms with E-state index in [2.05, 4.69) is 15.2 Å². The number of benzene rings is 1. The second-order valence-electron chi connectivity index (χ2n) is 5.21. The SMILES string of the molecule is COc1ccc(N=Nc2c(C(=O)O)nc3c(C)cccn23)c(OC)c1. The van der Waals surface area contributed by atoms with Gasteiger partial charge in [0.25, 0.3) is 0 Å². The molecule has 0 aliphatic rings. The highest BCUT2D eigenvalue weighted by atomic mass is 16.5. The van der Waals surface area contributed by atoms with Gasteiger partial charge in [0.05, 0.1) is 14.2 Å². The molecule has 0 bridgehead atoms. The van der Waals surface area contributed by atoms with E-state index >= 15 is 0 Å². The highest BCUT2D eigenvalue weighted by Crippen LogP contribution is 2.33. The minimum atomic E-state index is -1.17. The Labute approximate surface area is 143 Å². The Morgan fingerprint density at radius 2 is 2.00 bits per heavy atom. The van der Waals surface area contributed by atoms with Gasteiger partial charge in [-0.05, 0) is 30.7 Å². The Morgan fingerprint density at radius 1 is 1.20 bits per heavy atom. The average molecular weight is 340 g/mol. The summed E-state index contributed by atoms with van der Waals surface area (Å²) in [5.74, 6) is 0.0558. The Kier molecular flexibility index (Phi) is 4.34. The summed E-state index contributed by atoms with van der Waals surface area (Å²) in [6, 6.07) is 8.71. The highest BCUT2D eigenvalue weighted by Gasteiger charge is 2.19. The van der Waals surface area contributed by atoms with Crippen LogP contribution in [0.25, 0.3) is 5.65 Å². The van der Waals surface area contributed by atoms with Gasteiger partial charge < -0.3 is 14.6 Å². The lowest BCUT2D eigenvalue weighted by atomic mass is 10.3. The minimum Gasteiger partial charge on any atom is -0.497 e. The lowest BCUT2D eigenvalue weighted by Gasteiger charge is -2.06. The second-order valence-corrected chi connectivity index (χ2v) is 5.21. The number of carboxylic acids is 1. The smallest absolute Gasteiger partial charge is 0.358 e. The number of fused-ring (bicyclic) bond motifs is 1. The summed E-state index contributed by atoms with van der Waals surface area (Å²) in [6.07, 6.45) is 1.70. The summed E-state index contributed by atoms with van der Waals surface area (Å²) in [5, 5.41) is 17.7. The number of hydrogen-bond acceptors (Lipinski definition) is 6. The van der Waals surface area contributed by atoms with Crippen molar-refractivity contribution >= 4 is 23.1 Å². The fourth-order valence-corrected chi connectivity index (χ4v) is 2.40. The van der Waals surface area contributed by atoms with Gasteiger partial charge in [-0.3, -0.25) is 4.40 Å². The maximum absolute atomic E-state index is 11.5. The van der Waals surface area contributed by atoms with E-state index in [-0.39, 0.29) is 11.5 Å². The molecule has 0 saturated heterocycles. The van der Waals surface area contributed by atoms with Gasteiger partial charge in [0.15, 0.2) is 11.5 Å². The number of carboxylic acid groups (broad SMARTS) is 1. The zero-order valence-electron chi connectivity index (χ0n) is 13.9. The van der Waals surface area contributed by atoms with E-state index in [0.717, 1.165) is 5.56 Å². The van der Waals surface area contributed by atoms with E-state index in [0.29, 0.717) is 22.8 Å². The Balaban J connectivity index is 2.11. The first-order valence-electron chi connectivity index (χ1n) is 7.40. The van der Waals surface area contributed by atoms with E-state index in [1.54, 1.807) is 42.0 Å². The Bertz CT molecular complexity index is 978. The molecule has 0 amide bonds. The van der Waals surface area contributed by atoms with Crippen molar-refractivity contribution in [1.29, 1.82) is 0 Å². The predicted octanol–water partition coefficient (Wildman–Crippen LogP) is 3.77. The molecule has 3 rings (SSSR count). The third-order valence-electron chi connectivity index (χ3n) is 3.66. The Hall–Kier alpha value is -3.42. The molecule has 2 heterocycles. The summed E-state index contributed by atoms with van der Waals surface area (Å²) >= 11 is 0. The van der Waals surface area contributed by atoms with Crippen molar-refractivity contribution in [2.75, 3.05) is 14.2 Å². The molecular formula is C17H16N4O4. The van der Waals surface area contributed by atoms with Crippen LogP contribution >= 0.6 is 0 Å². The van der Waals surface area contributed by atoms with Crippen molar-refractivity contribution < 1.29 is 19.4 Å². The summed E-state index contributed by atoms with van der Waals surface area (Å²) in [6.45, 7) is 1.85. The lowest BCUT2D eigenvalue weighted by Crippen LogP contribution is -1.96. The number of imidazole rings is 1. The van der Waals surface area contributed by atoms with Gasteiger partial charge in [-0.15, -0.1) is 10.2 Å². The van der Waals surface area contributed by atoms with Crippen molar-refractivity contribution in [2.24, 2.45) is 10.2 Å². The van der Waals surface area contributed by atoms with Crippen molar-refractivity contribution in [3.8, 4) is 11.5 Å². The molecule has 0 saturated carbocycles. The maximum atomic E-state index is 11.5. The molecule has 128 valence electrons. The van der Waals surface area contributed by atoms with Crippen molar-refractivity contribution in [3.63, 3.8) is 0 Å². The first-order valence-corrected chi connectivity index (χ1v) is 7.40. The standard InChI is InChI=1S/C17H16N4O4/c1-10-5-4-8-21-15(10)18-14(17(22)23)16(21)20-19-12-7-6-11(24-2)9-13(12)25-3/h4-9H,1-3H3,(H,22,23). The normalized spacial score (nSPS) is 11.2. The largest absolute Gasteiger partial charge is 0.497 e. The molecule has 8 heteroatoms. The molecular weight excluding hydrogens is 324 g/mol. The van der Waals surface area contributed by atoms with Crippen LogP contribution in [0.15, 0.2) is 46.8 Å². The maximum Gasteiger partial charge on any atom is 0.358 e. The number of aryl methyl sites for hydroxylation is 1. The number of aromatic nitrogens is 2. The molecule has 0 atom stereocenters. The van der Waals surface area contributed by atoms with Crippen LogP contribution in [0.4, 0.5) is 11.5 Å². The first-order chi connectivity index (χ1) is 12.0. The van der Waals surface area contributed by atoms with Crippen LogP contribution in [-0.4, -0.2) is 34.7 Å². The van der Waals surface area contributed by atoms with E-state index in [1.807, 2.05) is 13.0 Å². The number of ether oxygens (including phenoxy) is 2. The fourth-order valence-electron chi connectivity index (χ4n) is 2.40. The van der Waals surface area contributed by atoms with E-state index in [9.17, 15) is 9.90 Å². The Morgan fingerprint density at radius 3 is 2.68 bits per heavy atom. The lowest BCUT2D eigenvalue weighted by molar-refractivity contribution is 0.0692. The number of carbonyl (C=O) groups is 1. The molecule has 1 N–H and O–H groups in total. The number of azo groups is 1. The average Bonchev–Trinajstić information content (AvgIpc) is 3.00. The quantitative estimate of drug-likeness (QED) is 0.713. The zero-order valence-corrected chi connectivity index (χ0v) is 13.9. The van der Waals surface area contributed by atoms with Crippen LogP contribution in [0.5, 0.6) is 11.5 Å². The second kappa shape index (κ2) is 6.60. The van der Waals surface area contributed by atoms with Gasteiger partial charge in [-0.2, -0.15) is 0 Å². The molecule has 0 aliphatic heterocycles. The monoisotopic (exact) mass is 340 g/mol. The molecule has 3 aromatic rings. The summed E-state index contributed by atoms with van der Waals surface area (Å²) < 4.78 is 12.0. The summed E-state index contributed by atoms with van der Waals surface area (Å²) in [5.41, 5.74) is 1.65. The number of nitrogens with zero attached hydrogens (tertiary/aromatic N) is 4. The van der Waals surface area contributed by atoms with Gasteiger partial charge in [0.1, 0.15) is 22.8 Å². The van der Waals surface area contributed by atoms with Crippen LogP contribution in [-0.2, 0) is 0 Å². The number of hydrogen-bond donors (Lipinski definition) is 1. The van der Waals surface area contributed by atoms with Crippen LogP contribution in [0.1, 0.15) is 16.1 Å². The number of methoxy groups -OCH3 is 2. The first kappa shape index (κ1) is 16.4. The third-order valence-corrected chi connectivity index (χ3v) is 3.66. The van der Waals surface area contributed by atoms with E-state index < -0.39 is 5.97 Å². The van der Waals surface area contributed by atoms with Crippen LogP contribution in [0.2, 0.25) is 0 Å². The molecule has 2 aromatic heterocycles. The van der Waals surface area contributed by atoms with Gasteiger partial charge >= 0.3 is 5.97 Å². The molecule has 0 spiro atoms. The number of pyridine rings is 1. The number of aromatic carboxylic acids is 1. The molecule has 1 aromatic carbocycles.